The Balaban J connectivity index is 2.47. The molecule has 0 aromatic rings. The number of carbonyl (C=O) groups excluding carboxylic acids is 3. The molecule has 1 aliphatic heterocycles. The fraction of sp³-hybridized carbons (Fsp3) is 0.375. The molecule has 0 atom stereocenters. The van der Waals surface area contributed by atoms with E-state index in [0.29, 0.717) is 0 Å². The zero-order chi connectivity index (χ0) is 13.5. The van der Waals surface area contributed by atoms with Gasteiger partial charge in [0.15, 0.2) is 0 Å². The summed E-state index contributed by atoms with van der Waals surface area (Å²) in [4.78, 5) is 33.4. The van der Waals surface area contributed by atoms with Crippen LogP contribution in [0.5, 0.6) is 0 Å². The Hall–Kier alpha value is -2.65. The largest absolute Gasteiger partial charge is 0.468 e. The summed E-state index contributed by atoms with van der Waals surface area (Å²) in [7, 11) is 2.63. The van der Waals surface area contributed by atoms with Gasteiger partial charge < -0.3 is 15.4 Å². The van der Waals surface area contributed by atoms with Gasteiger partial charge in [-0.2, -0.15) is 0 Å². The highest BCUT2D eigenvalue weighted by molar-refractivity contribution is 6.42. The van der Waals surface area contributed by atoms with Crippen molar-refractivity contribution < 1.29 is 19.1 Å². The van der Waals surface area contributed by atoms with E-state index in [2.05, 4.69) is 36.4 Å². The minimum atomic E-state index is -0.660. The molecule has 0 radical (unpaired) electrons. The lowest BCUT2D eigenvalue weighted by Crippen LogP contribution is -2.48. The third-order valence-electron chi connectivity index (χ3n) is 1.83. The molecule has 0 saturated carbocycles. The Morgan fingerprint density at radius 1 is 1.17 bits per heavy atom. The van der Waals surface area contributed by atoms with Crippen LogP contribution in [0.3, 0.4) is 0 Å². The number of hydrogen-bond acceptors (Lipinski definition) is 8. The van der Waals surface area contributed by atoms with Crippen LogP contribution in [0.2, 0.25) is 0 Å². The molecule has 98 valence electrons. The molecule has 0 fully saturated rings. The number of amidine groups is 2. The highest BCUT2D eigenvalue weighted by Crippen LogP contribution is 1.85. The molecular weight excluding hydrogens is 244 g/mol. The molecule has 0 unspecified atom stereocenters. The number of esters is 1. The molecule has 0 saturated heterocycles. The number of rotatable bonds is 4. The van der Waals surface area contributed by atoms with Gasteiger partial charge in [0.2, 0.25) is 11.7 Å². The second kappa shape index (κ2) is 6.18. The minimum Gasteiger partial charge on any atom is -0.468 e. The van der Waals surface area contributed by atoms with Crippen molar-refractivity contribution in [3.8, 4) is 0 Å². The van der Waals surface area contributed by atoms with Crippen LogP contribution in [0.25, 0.3) is 0 Å². The number of amides is 2. The second-order valence-electron chi connectivity index (χ2n) is 2.98. The third-order valence-corrected chi connectivity index (χ3v) is 1.83. The van der Waals surface area contributed by atoms with Crippen molar-refractivity contribution in [1.29, 1.82) is 0 Å². The summed E-state index contributed by atoms with van der Waals surface area (Å²) in [6, 6.07) is 0. The summed E-state index contributed by atoms with van der Waals surface area (Å²) in [6.07, 6.45) is 0. The van der Waals surface area contributed by atoms with Gasteiger partial charge in [0, 0.05) is 7.05 Å². The van der Waals surface area contributed by atoms with Crippen molar-refractivity contribution in [3.63, 3.8) is 0 Å². The van der Waals surface area contributed by atoms with Gasteiger partial charge in [-0.05, 0) is 0 Å². The Bertz CT molecular complexity index is 429. The maximum Gasteiger partial charge on any atom is 0.325 e. The number of nitrogens with one attached hydrogen (secondary N) is 4. The molecule has 1 aliphatic rings. The van der Waals surface area contributed by atoms with Crippen LogP contribution >= 0.6 is 0 Å². The van der Waals surface area contributed by atoms with E-state index in [0.717, 1.165) is 0 Å². The fourth-order valence-corrected chi connectivity index (χ4v) is 0.898. The summed E-state index contributed by atoms with van der Waals surface area (Å²) in [5.41, 5.74) is 4.57. The van der Waals surface area contributed by atoms with E-state index in [1.807, 2.05) is 0 Å². The first-order valence-corrected chi connectivity index (χ1v) is 4.83. The Morgan fingerprint density at radius 2 is 1.72 bits per heavy atom. The maximum absolute atomic E-state index is 11.4. The van der Waals surface area contributed by atoms with Crippen LogP contribution in [0, 0.1) is 0 Å². The van der Waals surface area contributed by atoms with Gasteiger partial charge in [0.25, 0.3) is 11.8 Å². The summed E-state index contributed by atoms with van der Waals surface area (Å²) in [5.74, 6) is -2.00. The SMILES string of the molecule is CNC(=O)C1=NNC(C(=O)NCC(=O)OC)=NN1. The molecule has 1 rings (SSSR count). The number of carbonyl (C=O) groups is 3. The first-order chi connectivity index (χ1) is 8.58. The molecule has 10 heteroatoms. The Kier molecular flexibility index (Phi) is 4.60. The zero-order valence-corrected chi connectivity index (χ0v) is 9.73. The van der Waals surface area contributed by atoms with E-state index < -0.39 is 17.8 Å². The van der Waals surface area contributed by atoms with Crippen LogP contribution in [-0.4, -0.2) is 50.2 Å². The lowest BCUT2D eigenvalue weighted by molar-refractivity contribution is -0.140. The van der Waals surface area contributed by atoms with Crippen molar-refractivity contribution >= 4 is 29.5 Å². The first-order valence-electron chi connectivity index (χ1n) is 4.83. The van der Waals surface area contributed by atoms with Crippen LogP contribution in [0.15, 0.2) is 10.2 Å². The van der Waals surface area contributed by atoms with E-state index in [1.165, 1.54) is 14.2 Å². The topological polar surface area (TPSA) is 133 Å². The number of hydrogen-bond donors (Lipinski definition) is 4. The monoisotopic (exact) mass is 256 g/mol. The molecule has 0 aliphatic carbocycles. The van der Waals surface area contributed by atoms with Crippen LogP contribution in [-0.2, 0) is 19.1 Å². The Labute approximate surface area is 102 Å². The molecule has 1 heterocycles. The van der Waals surface area contributed by atoms with E-state index in [-0.39, 0.29) is 18.2 Å². The quantitative estimate of drug-likeness (QED) is 0.392. The van der Waals surface area contributed by atoms with Gasteiger partial charge in [0.05, 0.1) is 7.11 Å². The number of ether oxygens (including phenoxy) is 1. The van der Waals surface area contributed by atoms with Gasteiger partial charge in [-0.1, -0.05) is 0 Å². The lowest BCUT2D eigenvalue weighted by atomic mass is 10.5. The number of methoxy groups -OCH3 is 1. The lowest BCUT2D eigenvalue weighted by Gasteiger charge is -2.13. The number of likely N-dealkylation sites (N-methyl/N-ethyl adjacent to an activating group) is 1. The number of nitrogens with zero attached hydrogens (tertiary/aromatic N) is 2. The molecule has 18 heavy (non-hydrogen) atoms. The second-order valence-corrected chi connectivity index (χ2v) is 2.98. The van der Waals surface area contributed by atoms with Crippen molar-refractivity contribution in [2.75, 3.05) is 20.7 Å². The highest BCUT2D eigenvalue weighted by Gasteiger charge is 2.19. The summed E-state index contributed by atoms with van der Waals surface area (Å²) < 4.78 is 4.34. The normalized spacial score (nSPS) is 13.2. The van der Waals surface area contributed by atoms with Crippen LogP contribution in [0.1, 0.15) is 0 Å². The van der Waals surface area contributed by atoms with E-state index in [4.69, 9.17) is 0 Å². The molecule has 4 N–H and O–H groups in total. The molecule has 0 aromatic carbocycles. The number of hydrazone groups is 2. The predicted molar refractivity (Wildman–Crippen MR) is 60.2 cm³/mol. The smallest absolute Gasteiger partial charge is 0.325 e. The van der Waals surface area contributed by atoms with Crippen molar-refractivity contribution in [3.05, 3.63) is 0 Å². The highest BCUT2D eigenvalue weighted by atomic mass is 16.5. The molecule has 0 spiro atoms. The minimum absolute atomic E-state index is 0.0815. The van der Waals surface area contributed by atoms with Gasteiger partial charge in [-0.25, -0.2) is 0 Å². The van der Waals surface area contributed by atoms with E-state index >= 15 is 0 Å². The van der Waals surface area contributed by atoms with Gasteiger partial charge in [-0.3, -0.25) is 25.2 Å². The van der Waals surface area contributed by atoms with Crippen LogP contribution < -0.4 is 21.5 Å². The maximum atomic E-state index is 11.4. The van der Waals surface area contributed by atoms with E-state index in [9.17, 15) is 14.4 Å². The van der Waals surface area contributed by atoms with Gasteiger partial charge in [0.1, 0.15) is 6.54 Å². The zero-order valence-electron chi connectivity index (χ0n) is 9.73. The molecule has 0 aromatic heterocycles. The standard InChI is InChI=1S/C8H12N6O4/c1-9-7(16)5-11-13-6(14-12-5)8(17)10-3-4(15)18-2/h3H2,1-2H3,(H,9,16)(H,10,17)(H,11,12)(H,13,14). The van der Waals surface area contributed by atoms with Crippen molar-refractivity contribution in [1.82, 2.24) is 21.5 Å². The molecule has 10 nitrogen and oxygen atoms in total. The molecule has 0 bridgehead atoms. The van der Waals surface area contributed by atoms with Crippen molar-refractivity contribution in [2.45, 2.75) is 0 Å². The fourth-order valence-electron chi connectivity index (χ4n) is 0.898. The first kappa shape index (κ1) is 13.4. The average Bonchev–Trinajstić information content (AvgIpc) is 2.43. The van der Waals surface area contributed by atoms with Crippen LogP contribution in [0.4, 0.5) is 0 Å². The van der Waals surface area contributed by atoms with Gasteiger partial charge in [-0.15, -0.1) is 10.2 Å². The summed E-state index contributed by atoms with van der Waals surface area (Å²) in [5, 5.41) is 11.7. The van der Waals surface area contributed by atoms with E-state index in [1.54, 1.807) is 0 Å². The van der Waals surface area contributed by atoms with Crippen molar-refractivity contribution in [2.24, 2.45) is 10.2 Å². The average molecular weight is 256 g/mol. The summed E-state index contributed by atoms with van der Waals surface area (Å²) >= 11 is 0. The van der Waals surface area contributed by atoms with Gasteiger partial charge >= 0.3 is 5.97 Å². The Morgan fingerprint density at radius 3 is 2.17 bits per heavy atom. The molecule has 2 amide bonds. The predicted octanol–water partition coefficient (Wildman–Crippen LogP) is -3.16. The summed E-state index contributed by atoms with van der Waals surface area (Å²) in [6.45, 7) is -0.290. The third kappa shape index (κ3) is 3.43. The molecular formula is C8H12N6O4.